The molecule has 142 valence electrons. The van der Waals surface area contributed by atoms with E-state index in [1.54, 1.807) is 12.1 Å². The molecule has 0 aromatic heterocycles. The topological polar surface area (TPSA) is 95.0 Å². The van der Waals surface area contributed by atoms with E-state index in [2.05, 4.69) is 20.8 Å². The molecule has 26 heavy (non-hydrogen) atoms. The molecular weight excluding hydrogens is 356 g/mol. The molecule has 1 heterocycles. The van der Waals surface area contributed by atoms with Crippen molar-refractivity contribution >= 4 is 21.9 Å². The fourth-order valence-corrected chi connectivity index (χ4v) is 4.09. The van der Waals surface area contributed by atoms with Crippen LogP contribution in [0.1, 0.15) is 26.3 Å². The molecule has 8 heteroatoms. The van der Waals surface area contributed by atoms with E-state index in [1.165, 1.54) is 9.21 Å². The Morgan fingerprint density at radius 3 is 2.00 bits per heavy atom. The predicted molar refractivity (Wildman–Crippen MR) is 97.3 cm³/mol. The van der Waals surface area contributed by atoms with Crippen LogP contribution in [-0.4, -0.2) is 60.8 Å². The maximum atomic E-state index is 12.8. The molecule has 1 amide bonds. The number of aliphatic carboxylic acids is 1. The molecule has 0 saturated carbocycles. The van der Waals surface area contributed by atoms with Crippen LogP contribution in [0, 0.1) is 0 Å². The number of nitrogens with zero attached hydrogens (tertiary/aromatic N) is 2. The third kappa shape index (κ3) is 4.70. The predicted octanol–water partition coefficient (Wildman–Crippen LogP) is 1.46. The van der Waals surface area contributed by atoms with Crippen molar-refractivity contribution in [3.63, 3.8) is 0 Å². The Balaban J connectivity index is 2.06. The van der Waals surface area contributed by atoms with Crippen LogP contribution in [0.3, 0.4) is 0 Å². The van der Waals surface area contributed by atoms with Crippen LogP contribution in [0.4, 0.5) is 0 Å². The number of carboxylic acids is 1. The van der Waals surface area contributed by atoms with Crippen molar-refractivity contribution in [1.82, 2.24) is 9.21 Å². The lowest BCUT2D eigenvalue weighted by Gasteiger charge is -2.33. The smallest absolute Gasteiger partial charge is 0.328 e. The lowest BCUT2D eigenvalue weighted by Crippen LogP contribution is -2.50. The summed E-state index contributed by atoms with van der Waals surface area (Å²) in [4.78, 5) is 24.0. The minimum absolute atomic E-state index is 0.0578. The highest BCUT2D eigenvalue weighted by molar-refractivity contribution is 7.89. The van der Waals surface area contributed by atoms with Gasteiger partial charge in [-0.25, -0.2) is 13.2 Å². The first-order valence-electron chi connectivity index (χ1n) is 8.32. The molecule has 1 aromatic carbocycles. The Morgan fingerprint density at radius 2 is 1.54 bits per heavy atom. The number of benzene rings is 1. The van der Waals surface area contributed by atoms with Crippen LogP contribution in [0.15, 0.2) is 41.3 Å². The van der Waals surface area contributed by atoms with Crippen molar-refractivity contribution in [3.8, 4) is 0 Å². The summed E-state index contributed by atoms with van der Waals surface area (Å²) >= 11 is 0. The maximum Gasteiger partial charge on any atom is 0.328 e. The second kappa shape index (κ2) is 7.59. The minimum atomic E-state index is -3.62. The summed E-state index contributed by atoms with van der Waals surface area (Å²) in [5.74, 6) is -1.63. The number of carbonyl (C=O) groups excluding carboxylic acids is 1. The molecule has 0 bridgehead atoms. The maximum absolute atomic E-state index is 12.8. The molecule has 1 N–H and O–H groups in total. The quantitative estimate of drug-likeness (QED) is 0.798. The third-order valence-electron chi connectivity index (χ3n) is 4.28. The zero-order valence-corrected chi connectivity index (χ0v) is 16.0. The van der Waals surface area contributed by atoms with E-state index in [1.807, 2.05) is 12.1 Å². The Bertz CT molecular complexity index is 799. The summed E-state index contributed by atoms with van der Waals surface area (Å²) in [5, 5.41) is 8.56. The van der Waals surface area contributed by atoms with Crippen LogP contribution in [0.2, 0.25) is 0 Å². The Morgan fingerprint density at radius 1 is 1.00 bits per heavy atom. The summed E-state index contributed by atoms with van der Waals surface area (Å²) < 4.78 is 26.9. The molecule has 1 fully saturated rings. The van der Waals surface area contributed by atoms with E-state index in [9.17, 15) is 18.0 Å². The molecule has 0 spiro atoms. The molecule has 1 aliphatic rings. The molecule has 1 aromatic rings. The van der Waals surface area contributed by atoms with Crippen LogP contribution in [-0.2, 0) is 25.0 Å². The van der Waals surface area contributed by atoms with Gasteiger partial charge in [-0.05, 0) is 23.1 Å². The molecule has 0 unspecified atom stereocenters. The minimum Gasteiger partial charge on any atom is -0.478 e. The highest BCUT2D eigenvalue weighted by atomic mass is 32.2. The molecule has 2 rings (SSSR count). The van der Waals surface area contributed by atoms with Gasteiger partial charge in [0.1, 0.15) is 0 Å². The second-order valence-electron chi connectivity index (χ2n) is 7.18. The normalized spacial score (nSPS) is 16.8. The zero-order valence-electron chi connectivity index (χ0n) is 15.2. The number of amides is 1. The number of sulfonamides is 1. The van der Waals surface area contributed by atoms with Crippen molar-refractivity contribution in [2.45, 2.75) is 31.1 Å². The summed E-state index contributed by atoms with van der Waals surface area (Å²) in [7, 11) is -3.62. The number of hydrogen-bond acceptors (Lipinski definition) is 4. The monoisotopic (exact) mass is 380 g/mol. The number of hydrogen-bond donors (Lipinski definition) is 1. The summed E-state index contributed by atoms with van der Waals surface area (Å²) in [6, 6.07) is 6.87. The van der Waals surface area contributed by atoms with Gasteiger partial charge >= 0.3 is 5.97 Å². The van der Waals surface area contributed by atoms with Crippen molar-refractivity contribution in [2.75, 3.05) is 26.2 Å². The fourth-order valence-electron chi connectivity index (χ4n) is 2.67. The molecule has 7 nitrogen and oxygen atoms in total. The third-order valence-corrected chi connectivity index (χ3v) is 6.19. The highest BCUT2D eigenvalue weighted by Gasteiger charge is 2.29. The average molecular weight is 380 g/mol. The van der Waals surface area contributed by atoms with Crippen molar-refractivity contribution in [1.29, 1.82) is 0 Å². The van der Waals surface area contributed by atoms with Gasteiger partial charge in [0.15, 0.2) is 0 Å². The zero-order chi connectivity index (χ0) is 19.5. The van der Waals surface area contributed by atoms with Crippen LogP contribution in [0.5, 0.6) is 0 Å². The van der Waals surface area contributed by atoms with Crippen LogP contribution < -0.4 is 0 Å². The van der Waals surface area contributed by atoms with Gasteiger partial charge in [0.2, 0.25) is 15.9 Å². The number of piperazine rings is 1. The van der Waals surface area contributed by atoms with Gasteiger partial charge < -0.3 is 10.0 Å². The number of rotatable bonds is 4. The van der Waals surface area contributed by atoms with E-state index < -0.39 is 21.9 Å². The van der Waals surface area contributed by atoms with E-state index in [0.29, 0.717) is 0 Å². The van der Waals surface area contributed by atoms with Crippen molar-refractivity contribution in [2.24, 2.45) is 0 Å². The SMILES string of the molecule is CC(C)(C)c1ccc(S(=O)(=O)N2CCN(C(=O)/C=C/C(=O)O)CC2)cc1. The average Bonchev–Trinajstić information content (AvgIpc) is 2.59. The molecular formula is C18H24N2O5S. The first-order chi connectivity index (χ1) is 12.0. The number of carbonyl (C=O) groups is 2. The van der Waals surface area contributed by atoms with Gasteiger partial charge in [0, 0.05) is 38.3 Å². The Kier molecular flexibility index (Phi) is 5.87. The van der Waals surface area contributed by atoms with Crippen LogP contribution in [0.25, 0.3) is 0 Å². The number of carboxylic acid groups (broad SMARTS) is 1. The highest BCUT2D eigenvalue weighted by Crippen LogP contribution is 2.25. The molecule has 0 aliphatic carbocycles. The Hall–Kier alpha value is -2.19. The van der Waals surface area contributed by atoms with E-state index >= 15 is 0 Å². The second-order valence-corrected chi connectivity index (χ2v) is 9.11. The largest absolute Gasteiger partial charge is 0.478 e. The van der Waals surface area contributed by atoms with Crippen molar-refractivity contribution in [3.05, 3.63) is 42.0 Å². The van der Waals surface area contributed by atoms with E-state index in [0.717, 1.165) is 17.7 Å². The summed E-state index contributed by atoms with van der Waals surface area (Å²) in [6.07, 6.45) is 1.76. The molecule has 0 radical (unpaired) electrons. The van der Waals surface area contributed by atoms with E-state index in [-0.39, 0.29) is 36.5 Å². The first-order valence-corrected chi connectivity index (χ1v) is 9.76. The summed E-state index contributed by atoms with van der Waals surface area (Å²) in [6.45, 7) is 6.98. The lowest BCUT2D eigenvalue weighted by atomic mass is 9.87. The molecule has 0 atom stereocenters. The molecule has 1 saturated heterocycles. The lowest BCUT2D eigenvalue weighted by molar-refractivity contribution is -0.132. The van der Waals surface area contributed by atoms with E-state index in [4.69, 9.17) is 5.11 Å². The van der Waals surface area contributed by atoms with Crippen LogP contribution >= 0.6 is 0 Å². The molecule has 1 aliphatic heterocycles. The first kappa shape index (κ1) is 20.1. The fraction of sp³-hybridized carbons (Fsp3) is 0.444. The Labute approximate surface area is 154 Å². The van der Waals surface area contributed by atoms with Gasteiger partial charge in [-0.2, -0.15) is 4.31 Å². The van der Waals surface area contributed by atoms with Gasteiger partial charge in [0.05, 0.1) is 4.90 Å². The summed E-state index contributed by atoms with van der Waals surface area (Å²) in [5.41, 5.74) is 0.995. The van der Waals surface area contributed by atoms with Gasteiger partial charge in [-0.15, -0.1) is 0 Å². The van der Waals surface area contributed by atoms with Gasteiger partial charge in [-0.3, -0.25) is 4.79 Å². The van der Waals surface area contributed by atoms with Gasteiger partial charge in [0.25, 0.3) is 0 Å². The van der Waals surface area contributed by atoms with Gasteiger partial charge in [-0.1, -0.05) is 32.9 Å². The standard InChI is InChI=1S/C18H24N2O5S/c1-18(2,3)14-4-6-15(7-5-14)26(24,25)20-12-10-19(11-13-20)16(21)8-9-17(22)23/h4-9H,10-13H2,1-3H3,(H,22,23)/b9-8+. The van der Waals surface area contributed by atoms with Crippen molar-refractivity contribution < 1.29 is 23.1 Å².